The number of carbonyl (C=O) groups excluding carboxylic acids is 3. The van der Waals surface area contributed by atoms with Crippen molar-refractivity contribution in [2.45, 2.75) is 32.6 Å². The zero-order chi connectivity index (χ0) is 20.1. The number of carbonyl (C=O) groups is 3. The molecule has 0 radical (unpaired) electrons. The van der Waals surface area contributed by atoms with Crippen LogP contribution < -0.4 is 11.1 Å². The quantitative estimate of drug-likeness (QED) is 0.568. The van der Waals surface area contributed by atoms with E-state index in [1.54, 1.807) is 25.1 Å². The lowest BCUT2D eigenvalue weighted by Gasteiger charge is -2.12. The summed E-state index contributed by atoms with van der Waals surface area (Å²) in [4.78, 5) is 37.9. The molecule has 0 saturated carbocycles. The van der Waals surface area contributed by atoms with Crippen molar-refractivity contribution in [1.82, 2.24) is 0 Å². The fourth-order valence-corrected chi connectivity index (χ4v) is 4.42. The first-order valence-corrected chi connectivity index (χ1v) is 9.96. The largest absolute Gasteiger partial charge is 0.462 e. The number of amides is 1. The van der Waals surface area contributed by atoms with Crippen molar-refractivity contribution < 1.29 is 23.9 Å². The Balaban J connectivity index is 1.70. The van der Waals surface area contributed by atoms with Gasteiger partial charge in [-0.25, -0.2) is 9.59 Å². The number of nitrogen functional groups attached to an aromatic ring is 1. The van der Waals surface area contributed by atoms with Crippen LogP contribution in [0.15, 0.2) is 24.3 Å². The first-order chi connectivity index (χ1) is 13.5. The molecule has 1 aliphatic carbocycles. The molecule has 1 aliphatic rings. The van der Waals surface area contributed by atoms with E-state index in [1.807, 2.05) is 0 Å². The zero-order valence-electron chi connectivity index (χ0n) is 15.6. The van der Waals surface area contributed by atoms with Crippen molar-refractivity contribution in [3.8, 4) is 0 Å². The van der Waals surface area contributed by atoms with Gasteiger partial charge in [-0.2, -0.15) is 0 Å². The zero-order valence-corrected chi connectivity index (χ0v) is 16.4. The van der Waals surface area contributed by atoms with Crippen LogP contribution in [-0.2, 0) is 27.1 Å². The minimum Gasteiger partial charge on any atom is -0.462 e. The number of esters is 2. The average molecular weight is 402 g/mol. The maximum absolute atomic E-state index is 12.4. The van der Waals surface area contributed by atoms with Crippen molar-refractivity contribution in [3.63, 3.8) is 0 Å². The third kappa shape index (κ3) is 4.33. The minimum absolute atomic E-state index is 0.203. The standard InChI is InChI=1S/C20H22N2O5S/c1-2-26-20(25)17-13-8-4-6-10-15(13)28-18(17)22-16(23)11-27-19(24)12-7-3-5-9-14(12)21/h3,5,7,9H,2,4,6,8,10-11,21H2,1H3,(H,22,23). The Morgan fingerprint density at radius 1 is 1.11 bits per heavy atom. The molecule has 0 spiro atoms. The van der Waals surface area contributed by atoms with Gasteiger partial charge in [0.15, 0.2) is 6.61 Å². The molecule has 148 valence electrons. The second kappa shape index (κ2) is 8.88. The number of ether oxygens (including phenoxy) is 2. The maximum atomic E-state index is 12.4. The van der Waals surface area contributed by atoms with Gasteiger partial charge in [0, 0.05) is 10.6 Å². The van der Waals surface area contributed by atoms with Crippen molar-refractivity contribution in [3.05, 3.63) is 45.8 Å². The summed E-state index contributed by atoms with van der Waals surface area (Å²) >= 11 is 1.38. The Hall–Kier alpha value is -2.87. The molecule has 8 heteroatoms. The highest BCUT2D eigenvalue weighted by Gasteiger charge is 2.27. The van der Waals surface area contributed by atoms with Gasteiger partial charge < -0.3 is 20.5 Å². The molecule has 1 aromatic carbocycles. The van der Waals surface area contributed by atoms with Gasteiger partial charge >= 0.3 is 11.9 Å². The molecule has 0 atom stereocenters. The predicted octanol–water partition coefficient (Wildman–Crippen LogP) is 3.18. The number of anilines is 2. The molecule has 0 aliphatic heterocycles. The van der Waals surface area contributed by atoms with E-state index in [9.17, 15) is 14.4 Å². The molecule has 1 aromatic heterocycles. The molecule has 3 N–H and O–H groups in total. The first kappa shape index (κ1) is 19.9. The molecule has 0 unspecified atom stereocenters. The topological polar surface area (TPSA) is 108 Å². The van der Waals surface area contributed by atoms with E-state index in [1.165, 1.54) is 17.4 Å². The monoisotopic (exact) mass is 402 g/mol. The molecule has 0 fully saturated rings. The van der Waals surface area contributed by atoms with Crippen LogP contribution in [-0.4, -0.2) is 31.1 Å². The van der Waals surface area contributed by atoms with E-state index in [-0.39, 0.29) is 17.9 Å². The highest BCUT2D eigenvalue weighted by atomic mass is 32.1. The number of fused-ring (bicyclic) bond motifs is 1. The number of nitrogens with one attached hydrogen (secondary N) is 1. The highest BCUT2D eigenvalue weighted by molar-refractivity contribution is 7.17. The van der Waals surface area contributed by atoms with E-state index < -0.39 is 24.5 Å². The molecule has 1 amide bonds. The number of thiophene rings is 1. The van der Waals surface area contributed by atoms with Gasteiger partial charge in [0.2, 0.25) is 0 Å². The van der Waals surface area contributed by atoms with Gasteiger partial charge in [0.05, 0.1) is 17.7 Å². The fraction of sp³-hybridized carbons (Fsp3) is 0.350. The minimum atomic E-state index is -0.677. The van der Waals surface area contributed by atoms with Crippen LogP contribution in [0.1, 0.15) is 50.9 Å². The molecule has 0 saturated heterocycles. The van der Waals surface area contributed by atoms with Crippen LogP contribution in [0.2, 0.25) is 0 Å². The molecule has 1 heterocycles. The van der Waals surface area contributed by atoms with Crippen LogP contribution in [0.25, 0.3) is 0 Å². The third-order valence-corrected chi connectivity index (χ3v) is 5.63. The van der Waals surface area contributed by atoms with Crippen molar-refractivity contribution in [2.24, 2.45) is 0 Å². The summed E-state index contributed by atoms with van der Waals surface area (Å²) in [6.45, 7) is 1.52. The van der Waals surface area contributed by atoms with Gasteiger partial charge in [0.1, 0.15) is 5.00 Å². The molecule has 28 heavy (non-hydrogen) atoms. The van der Waals surface area contributed by atoms with Crippen LogP contribution in [0.5, 0.6) is 0 Å². The van der Waals surface area contributed by atoms with Gasteiger partial charge in [-0.15, -0.1) is 11.3 Å². The van der Waals surface area contributed by atoms with E-state index in [0.717, 1.165) is 36.1 Å². The van der Waals surface area contributed by atoms with Crippen LogP contribution in [0, 0.1) is 0 Å². The van der Waals surface area contributed by atoms with Crippen molar-refractivity contribution in [1.29, 1.82) is 0 Å². The summed E-state index contributed by atoms with van der Waals surface area (Å²) in [6, 6.07) is 6.48. The predicted molar refractivity (Wildman–Crippen MR) is 107 cm³/mol. The summed E-state index contributed by atoms with van der Waals surface area (Å²) in [7, 11) is 0. The van der Waals surface area contributed by atoms with Gasteiger partial charge in [0.25, 0.3) is 5.91 Å². The number of para-hydroxylation sites is 1. The number of aryl methyl sites for hydroxylation is 1. The van der Waals surface area contributed by atoms with Crippen LogP contribution >= 0.6 is 11.3 Å². The molecular weight excluding hydrogens is 380 g/mol. The highest BCUT2D eigenvalue weighted by Crippen LogP contribution is 2.38. The SMILES string of the molecule is CCOC(=O)c1c(NC(=O)COC(=O)c2ccccc2N)sc2c1CCCC2. The second-order valence-electron chi connectivity index (χ2n) is 6.35. The summed E-state index contributed by atoms with van der Waals surface area (Å²) in [6.07, 6.45) is 3.72. The summed E-state index contributed by atoms with van der Waals surface area (Å²) < 4.78 is 10.2. The van der Waals surface area contributed by atoms with Crippen LogP contribution in [0.3, 0.4) is 0 Å². The van der Waals surface area contributed by atoms with Gasteiger partial charge in [-0.1, -0.05) is 12.1 Å². The number of hydrogen-bond acceptors (Lipinski definition) is 7. The van der Waals surface area contributed by atoms with E-state index in [2.05, 4.69) is 5.32 Å². The van der Waals surface area contributed by atoms with E-state index in [4.69, 9.17) is 15.2 Å². The summed E-state index contributed by atoms with van der Waals surface area (Å²) in [5.41, 5.74) is 7.60. The van der Waals surface area contributed by atoms with Gasteiger partial charge in [-0.05, 0) is 50.3 Å². The van der Waals surface area contributed by atoms with E-state index in [0.29, 0.717) is 10.6 Å². The molecule has 7 nitrogen and oxygen atoms in total. The first-order valence-electron chi connectivity index (χ1n) is 9.14. The van der Waals surface area contributed by atoms with Crippen molar-refractivity contribution >= 4 is 39.9 Å². The lowest BCUT2D eigenvalue weighted by Crippen LogP contribution is -2.22. The Bertz CT molecular complexity index is 906. The Labute approximate surface area is 166 Å². The number of benzene rings is 1. The van der Waals surface area contributed by atoms with E-state index >= 15 is 0 Å². The number of rotatable bonds is 6. The number of nitrogens with two attached hydrogens (primary N) is 1. The molecule has 2 aromatic rings. The second-order valence-corrected chi connectivity index (χ2v) is 7.45. The fourth-order valence-electron chi connectivity index (χ4n) is 3.13. The maximum Gasteiger partial charge on any atom is 0.341 e. The normalized spacial score (nSPS) is 12.8. The average Bonchev–Trinajstić information content (AvgIpc) is 3.04. The summed E-state index contributed by atoms with van der Waals surface area (Å²) in [5, 5.41) is 3.15. The smallest absolute Gasteiger partial charge is 0.341 e. The summed E-state index contributed by atoms with van der Waals surface area (Å²) in [5.74, 6) is -1.64. The third-order valence-electron chi connectivity index (χ3n) is 4.42. The van der Waals surface area contributed by atoms with Gasteiger partial charge in [-0.3, -0.25) is 4.79 Å². The number of hydrogen-bond donors (Lipinski definition) is 2. The lowest BCUT2D eigenvalue weighted by atomic mass is 9.95. The van der Waals surface area contributed by atoms with Crippen LogP contribution in [0.4, 0.5) is 10.7 Å². The molecule has 3 rings (SSSR count). The molecule has 0 bridgehead atoms. The molecular formula is C20H22N2O5S. The Morgan fingerprint density at radius 2 is 1.86 bits per heavy atom. The lowest BCUT2D eigenvalue weighted by molar-refractivity contribution is -0.119. The van der Waals surface area contributed by atoms with Crippen molar-refractivity contribution in [2.75, 3.05) is 24.3 Å². The Kier molecular flexibility index (Phi) is 6.30. The Morgan fingerprint density at radius 3 is 2.61 bits per heavy atom.